The molecule has 0 fully saturated rings. The molecule has 0 saturated heterocycles. The third kappa shape index (κ3) is 6.79. The summed E-state index contributed by atoms with van der Waals surface area (Å²) in [6.07, 6.45) is -1.44. The number of halogens is 1. The molecular formula is C13H16ClNO4S. The molecule has 110 valence electrons. The average Bonchev–Trinajstić information content (AvgIpc) is 2.38. The molecule has 20 heavy (non-hydrogen) atoms. The quantitative estimate of drug-likeness (QED) is 0.677. The average molecular weight is 318 g/mol. The zero-order chi connectivity index (χ0) is 15.0. The third-order valence-electron chi connectivity index (χ3n) is 2.42. The first-order valence-corrected chi connectivity index (χ1v) is 7.52. The molecular weight excluding hydrogens is 302 g/mol. The van der Waals surface area contributed by atoms with Gasteiger partial charge in [0.1, 0.15) is 0 Å². The lowest BCUT2D eigenvalue weighted by Crippen LogP contribution is -2.31. The Morgan fingerprint density at radius 1 is 1.40 bits per heavy atom. The number of carbonyl (C=O) groups excluding carboxylic acids is 1. The van der Waals surface area contributed by atoms with Crippen LogP contribution in [0, 0.1) is 0 Å². The number of aliphatic carboxylic acids is 1. The van der Waals surface area contributed by atoms with Crippen molar-refractivity contribution in [3.8, 4) is 0 Å². The van der Waals surface area contributed by atoms with Crippen LogP contribution in [0.15, 0.2) is 24.3 Å². The predicted octanol–water partition coefficient (Wildman–Crippen LogP) is 1.52. The van der Waals surface area contributed by atoms with Gasteiger partial charge in [-0.25, -0.2) is 4.79 Å². The highest BCUT2D eigenvalue weighted by Crippen LogP contribution is 2.16. The molecule has 0 aromatic heterocycles. The van der Waals surface area contributed by atoms with Gasteiger partial charge in [0.2, 0.25) is 5.91 Å². The Kier molecular flexibility index (Phi) is 7.43. The van der Waals surface area contributed by atoms with E-state index in [4.69, 9.17) is 21.8 Å². The second-order valence-corrected chi connectivity index (χ2v) is 5.54. The molecule has 0 bridgehead atoms. The lowest BCUT2D eigenvalue weighted by Gasteiger charge is -2.07. The number of aliphatic hydroxyl groups is 1. The van der Waals surface area contributed by atoms with Crippen molar-refractivity contribution in [3.05, 3.63) is 34.9 Å². The third-order valence-corrected chi connectivity index (χ3v) is 3.65. The van der Waals surface area contributed by atoms with Crippen LogP contribution in [-0.2, 0) is 15.3 Å². The number of amides is 1. The molecule has 1 rings (SSSR count). The van der Waals surface area contributed by atoms with Crippen LogP contribution in [0.2, 0.25) is 5.02 Å². The molecule has 3 N–H and O–H groups in total. The van der Waals surface area contributed by atoms with Gasteiger partial charge >= 0.3 is 5.97 Å². The molecule has 0 saturated carbocycles. The van der Waals surface area contributed by atoms with Gasteiger partial charge in [-0.05, 0) is 17.7 Å². The van der Waals surface area contributed by atoms with Crippen molar-refractivity contribution in [2.24, 2.45) is 0 Å². The minimum atomic E-state index is -1.44. The number of nitrogens with one attached hydrogen (secondary N) is 1. The number of aliphatic hydroxyl groups excluding tert-OH is 1. The highest BCUT2D eigenvalue weighted by Gasteiger charge is 2.12. The minimum absolute atomic E-state index is 0.0000329. The molecule has 1 unspecified atom stereocenters. The van der Waals surface area contributed by atoms with Gasteiger partial charge in [0.15, 0.2) is 6.10 Å². The Morgan fingerprint density at radius 2 is 2.15 bits per heavy atom. The number of carboxylic acids is 1. The van der Waals surface area contributed by atoms with Crippen LogP contribution in [0.5, 0.6) is 0 Å². The van der Waals surface area contributed by atoms with Gasteiger partial charge in [0.05, 0.1) is 5.75 Å². The standard InChI is InChI=1S/C13H16ClNO4S/c14-10-3-1-2-9(6-10)7-20-8-12(17)15-5-4-11(16)13(18)19/h1-3,6,11,16H,4-5,7-8H2,(H,15,17)(H,18,19). The number of hydrogen-bond acceptors (Lipinski definition) is 4. The molecule has 0 heterocycles. The number of benzene rings is 1. The van der Waals surface area contributed by atoms with E-state index in [-0.39, 0.29) is 24.6 Å². The molecule has 1 aromatic rings. The molecule has 0 spiro atoms. The molecule has 1 amide bonds. The van der Waals surface area contributed by atoms with Crippen molar-refractivity contribution >= 4 is 35.2 Å². The summed E-state index contributed by atoms with van der Waals surface area (Å²) in [5, 5.41) is 20.7. The Balaban J connectivity index is 2.16. The van der Waals surface area contributed by atoms with Gasteiger partial charge in [-0.2, -0.15) is 0 Å². The summed E-state index contributed by atoms with van der Waals surface area (Å²) < 4.78 is 0. The van der Waals surface area contributed by atoms with Crippen molar-refractivity contribution in [2.75, 3.05) is 12.3 Å². The maximum Gasteiger partial charge on any atom is 0.332 e. The first kappa shape index (κ1) is 16.8. The number of thioether (sulfide) groups is 1. The zero-order valence-corrected chi connectivity index (χ0v) is 12.3. The summed E-state index contributed by atoms with van der Waals surface area (Å²) in [7, 11) is 0. The molecule has 0 radical (unpaired) electrons. The number of rotatable bonds is 8. The van der Waals surface area contributed by atoms with Crippen LogP contribution in [-0.4, -0.2) is 40.5 Å². The minimum Gasteiger partial charge on any atom is -0.479 e. The van der Waals surface area contributed by atoms with Crippen LogP contribution in [0.4, 0.5) is 0 Å². The van der Waals surface area contributed by atoms with E-state index >= 15 is 0 Å². The van der Waals surface area contributed by atoms with Crippen LogP contribution >= 0.6 is 23.4 Å². The fourth-order valence-corrected chi connectivity index (χ4v) is 2.43. The fraction of sp³-hybridized carbons (Fsp3) is 0.385. The summed E-state index contributed by atoms with van der Waals surface area (Å²) >= 11 is 7.29. The molecule has 0 aliphatic heterocycles. The summed E-state index contributed by atoms with van der Waals surface area (Å²) in [4.78, 5) is 21.8. The topological polar surface area (TPSA) is 86.6 Å². The van der Waals surface area contributed by atoms with Crippen LogP contribution < -0.4 is 5.32 Å². The smallest absolute Gasteiger partial charge is 0.332 e. The Bertz CT molecular complexity index is 469. The van der Waals surface area contributed by atoms with Crippen molar-refractivity contribution in [1.29, 1.82) is 0 Å². The Labute approximate surface area is 126 Å². The Hall–Kier alpha value is -1.24. The van der Waals surface area contributed by atoms with E-state index < -0.39 is 12.1 Å². The van der Waals surface area contributed by atoms with Crippen molar-refractivity contribution in [2.45, 2.75) is 18.3 Å². The predicted molar refractivity (Wildman–Crippen MR) is 78.9 cm³/mol. The second kappa shape index (κ2) is 8.84. The van der Waals surface area contributed by atoms with Crippen LogP contribution in [0.25, 0.3) is 0 Å². The molecule has 5 nitrogen and oxygen atoms in total. The van der Waals surface area contributed by atoms with Crippen LogP contribution in [0.1, 0.15) is 12.0 Å². The van der Waals surface area contributed by atoms with E-state index in [0.717, 1.165) is 5.56 Å². The van der Waals surface area contributed by atoms with E-state index in [1.807, 2.05) is 18.2 Å². The van der Waals surface area contributed by atoms with E-state index in [1.54, 1.807) is 6.07 Å². The highest BCUT2D eigenvalue weighted by molar-refractivity contribution is 7.99. The van der Waals surface area contributed by atoms with Crippen molar-refractivity contribution < 1.29 is 19.8 Å². The molecule has 0 aliphatic carbocycles. The van der Waals surface area contributed by atoms with Gasteiger partial charge in [-0.1, -0.05) is 23.7 Å². The number of hydrogen-bond donors (Lipinski definition) is 3. The maximum atomic E-state index is 11.5. The van der Waals surface area contributed by atoms with E-state index in [1.165, 1.54) is 11.8 Å². The molecule has 1 atom stereocenters. The lowest BCUT2D eigenvalue weighted by molar-refractivity contribution is -0.147. The van der Waals surface area contributed by atoms with E-state index in [9.17, 15) is 9.59 Å². The van der Waals surface area contributed by atoms with Gasteiger partial charge in [-0.3, -0.25) is 4.79 Å². The fourth-order valence-electron chi connectivity index (χ4n) is 1.41. The van der Waals surface area contributed by atoms with Gasteiger partial charge < -0.3 is 15.5 Å². The summed E-state index contributed by atoms with van der Waals surface area (Å²) in [6.45, 7) is 0.143. The van der Waals surface area contributed by atoms with Crippen LogP contribution in [0.3, 0.4) is 0 Å². The molecule has 7 heteroatoms. The normalized spacial score (nSPS) is 11.9. The zero-order valence-electron chi connectivity index (χ0n) is 10.7. The molecule has 0 aliphatic rings. The van der Waals surface area contributed by atoms with E-state index in [0.29, 0.717) is 10.8 Å². The second-order valence-electron chi connectivity index (χ2n) is 4.12. The van der Waals surface area contributed by atoms with Gasteiger partial charge in [0, 0.05) is 23.7 Å². The number of carbonyl (C=O) groups is 2. The first-order valence-electron chi connectivity index (χ1n) is 5.99. The number of carboxylic acid groups (broad SMARTS) is 1. The van der Waals surface area contributed by atoms with E-state index in [2.05, 4.69) is 5.32 Å². The van der Waals surface area contributed by atoms with Gasteiger partial charge in [0.25, 0.3) is 0 Å². The van der Waals surface area contributed by atoms with Crippen molar-refractivity contribution in [1.82, 2.24) is 5.32 Å². The summed E-state index contributed by atoms with van der Waals surface area (Å²) in [5.41, 5.74) is 1.04. The van der Waals surface area contributed by atoms with Gasteiger partial charge in [-0.15, -0.1) is 11.8 Å². The SMILES string of the molecule is O=C(CSCc1cccc(Cl)c1)NCCC(O)C(=O)O. The lowest BCUT2D eigenvalue weighted by atomic mass is 10.2. The maximum absolute atomic E-state index is 11.5. The Morgan fingerprint density at radius 3 is 2.80 bits per heavy atom. The summed E-state index contributed by atoms with van der Waals surface area (Å²) in [6, 6.07) is 7.41. The highest BCUT2D eigenvalue weighted by atomic mass is 35.5. The monoisotopic (exact) mass is 317 g/mol. The summed E-state index contributed by atoms with van der Waals surface area (Å²) in [5.74, 6) is -0.522. The molecule has 1 aromatic carbocycles. The largest absolute Gasteiger partial charge is 0.479 e. The van der Waals surface area contributed by atoms with Crippen molar-refractivity contribution in [3.63, 3.8) is 0 Å². The first-order chi connectivity index (χ1) is 9.49.